The first-order valence-corrected chi connectivity index (χ1v) is 11.0. The first-order chi connectivity index (χ1) is 15.4. The summed E-state index contributed by atoms with van der Waals surface area (Å²) in [5, 5.41) is 2.91. The Kier molecular flexibility index (Phi) is 7.88. The Balaban J connectivity index is 1.62. The predicted octanol–water partition coefficient (Wildman–Crippen LogP) is 3.32. The van der Waals surface area contributed by atoms with Crippen LogP contribution in [0.15, 0.2) is 89.7 Å². The van der Waals surface area contributed by atoms with Gasteiger partial charge in [0.2, 0.25) is 0 Å². The zero-order valence-electron chi connectivity index (χ0n) is 18.1. The standard InChI is InChI=1S/C24H28N6OS/c1-24(2,22(15-25)29-26)30-32-20-11-9-18(10-12-20)19-7-5-6-17(14-19)16-28-23(31)21-8-3-4-13-27-21/h3-15,29-30H,16,25-26H2,1-2H3,(H,28,31)/b22-15-. The zero-order valence-corrected chi connectivity index (χ0v) is 18.9. The topological polar surface area (TPSA) is 118 Å². The maximum Gasteiger partial charge on any atom is 0.270 e. The minimum atomic E-state index is -0.416. The van der Waals surface area contributed by atoms with Crippen LogP contribution in [0.1, 0.15) is 29.9 Å². The van der Waals surface area contributed by atoms with Gasteiger partial charge in [-0.3, -0.25) is 15.6 Å². The number of amides is 1. The third kappa shape index (κ3) is 6.10. The van der Waals surface area contributed by atoms with Crippen LogP contribution in [0.2, 0.25) is 0 Å². The maximum atomic E-state index is 12.2. The second-order valence-electron chi connectivity index (χ2n) is 7.68. The first kappa shape index (κ1) is 23.3. The maximum absolute atomic E-state index is 12.2. The number of carbonyl (C=O) groups is 1. The molecule has 0 aliphatic heterocycles. The summed E-state index contributed by atoms with van der Waals surface area (Å²) in [4.78, 5) is 17.4. The molecule has 7 nitrogen and oxygen atoms in total. The van der Waals surface area contributed by atoms with E-state index in [9.17, 15) is 4.79 Å². The van der Waals surface area contributed by atoms with Gasteiger partial charge in [0.15, 0.2) is 0 Å². The lowest BCUT2D eigenvalue weighted by Gasteiger charge is -2.28. The van der Waals surface area contributed by atoms with Gasteiger partial charge in [-0.15, -0.1) is 0 Å². The van der Waals surface area contributed by atoms with E-state index in [1.165, 1.54) is 18.1 Å². The third-order valence-electron chi connectivity index (χ3n) is 4.88. The molecule has 0 radical (unpaired) electrons. The molecule has 3 rings (SSSR count). The van der Waals surface area contributed by atoms with Crippen LogP contribution < -0.4 is 27.0 Å². The largest absolute Gasteiger partial charge is 0.403 e. The highest BCUT2D eigenvalue weighted by Gasteiger charge is 2.22. The molecule has 1 aromatic heterocycles. The van der Waals surface area contributed by atoms with Crippen molar-refractivity contribution in [2.45, 2.75) is 30.8 Å². The summed E-state index contributed by atoms with van der Waals surface area (Å²) < 4.78 is 3.37. The second kappa shape index (κ2) is 10.8. The van der Waals surface area contributed by atoms with Gasteiger partial charge >= 0.3 is 0 Å². The summed E-state index contributed by atoms with van der Waals surface area (Å²) in [6.07, 6.45) is 3.07. The molecule has 0 atom stereocenters. The number of aromatic nitrogens is 1. The van der Waals surface area contributed by atoms with Crippen molar-refractivity contribution >= 4 is 17.9 Å². The zero-order chi connectivity index (χ0) is 23.0. The molecule has 0 unspecified atom stereocenters. The van der Waals surface area contributed by atoms with Crippen molar-refractivity contribution in [2.75, 3.05) is 0 Å². The summed E-state index contributed by atoms with van der Waals surface area (Å²) in [5.74, 6) is 5.34. The predicted molar refractivity (Wildman–Crippen MR) is 130 cm³/mol. The minimum Gasteiger partial charge on any atom is -0.403 e. The van der Waals surface area contributed by atoms with E-state index in [-0.39, 0.29) is 5.91 Å². The summed E-state index contributed by atoms with van der Waals surface area (Å²) in [5.41, 5.74) is 12.1. The van der Waals surface area contributed by atoms with Crippen LogP contribution >= 0.6 is 11.9 Å². The average Bonchev–Trinajstić information content (AvgIpc) is 2.83. The van der Waals surface area contributed by atoms with Crippen LogP contribution in [0.3, 0.4) is 0 Å². The van der Waals surface area contributed by atoms with Crippen LogP contribution in [0.25, 0.3) is 11.1 Å². The van der Waals surface area contributed by atoms with Crippen LogP contribution in [0.4, 0.5) is 0 Å². The lowest BCUT2D eigenvalue weighted by Crippen LogP contribution is -2.44. The van der Waals surface area contributed by atoms with E-state index in [4.69, 9.17) is 11.6 Å². The van der Waals surface area contributed by atoms with Gasteiger partial charge in [-0.25, -0.2) is 4.72 Å². The van der Waals surface area contributed by atoms with Crippen molar-refractivity contribution in [3.63, 3.8) is 0 Å². The van der Waals surface area contributed by atoms with E-state index in [0.29, 0.717) is 17.9 Å². The molecule has 3 aromatic rings. The van der Waals surface area contributed by atoms with E-state index in [1.54, 1.807) is 24.4 Å². The smallest absolute Gasteiger partial charge is 0.270 e. The summed E-state index contributed by atoms with van der Waals surface area (Å²) in [6, 6.07) is 21.6. The molecule has 0 aliphatic rings. The molecule has 0 bridgehead atoms. The van der Waals surface area contributed by atoms with Crippen molar-refractivity contribution in [2.24, 2.45) is 11.6 Å². The van der Waals surface area contributed by atoms with Gasteiger partial charge in [-0.05, 0) is 72.8 Å². The van der Waals surface area contributed by atoms with Gasteiger partial charge < -0.3 is 16.5 Å². The normalized spacial score (nSPS) is 11.8. The van der Waals surface area contributed by atoms with Crippen LogP contribution in [0.5, 0.6) is 0 Å². The van der Waals surface area contributed by atoms with Gasteiger partial charge in [0.25, 0.3) is 5.91 Å². The summed E-state index contributed by atoms with van der Waals surface area (Å²) in [7, 11) is 0. The number of benzene rings is 2. The van der Waals surface area contributed by atoms with E-state index < -0.39 is 5.54 Å². The van der Waals surface area contributed by atoms with Gasteiger partial charge in [-0.2, -0.15) is 0 Å². The molecule has 0 fully saturated rings. The van der Waals surface area contributed by atoms with Gasteiger partial charge in [0.05, 0.1) is 11.2 Å². The SMILES string of the molecule is CC(C)(NSc1ccc(-c2cccc(CNC(=O)c3ccccn3)c2)cc1)/C(=C/N)NN. The molecule has 0 saturated carbocycles. The highest BCUT2D eigenvalue weighted by Crippen LogP contribution is 2.26. The Hall–Kier alpha value is -3.33. The fourth-order valence-electron chi connectivity index (χ4n) is 3.02. The van der Waals surface area contributed by atoms with Gasteiger partial charge in [0, 0.05) is 23.8 Å². The number of carbonyl (C=O) groups excluding carboxylic acids is 1. The van der Waals surface area contributed by atoms with Crippen molar-refractivity contribution in [3.8, 4) is 11.1 Å². The number of hydrogen-bond donors (Lipinski definition) is 5. The molecule has 0 spiro atoms. The summed E-state index contributed by atoms with van der Waals surface area (Å²) in [6.45, 7) is 4.42. The Bertz CT molecular complexity index is 1070. The number of hydrazine groups is 1. The molecular weight excluding hydrogens is 420 g/mol. The van der Waals surface area contributed by atoms with Crippen molar-refractivity contribution < 1.29 is 4.79 Å². The highest BCUT2D eigenvalue weighted by molar-refractivity contribution is 7.97. The monoisotopic (exact) mass is 448 g/mol. The highest BCUT2D eigenvalue weighted by atomic mass is 32.2. The number of pyridine rings is 1. The molecule has 0 saturated heterocycles. The molecule has 2 aromatic carbocycles. The molecule has 7 N–H and O–H groups in total. The Morgan fingerprint density at radius 2 is 1.84 bits per heavy atom. The minimum absolute atomic E-state index is 0.190. The third-order valence-corrected chi connectivity index (χ3v) is 6.01. The average molecular weight is 449 g/mol. The second-order valence-corrected chi connectivity index (χ2v) is 8.56. The number of rotatable bonds is 9. The number of hydrogen-bond acceptors (Lipinski definition) is 7. The molecule has 0 aliphatic carbocycles. The summed E-state index contributed by atoms with van der Waals surface area (Å²) >= 11 is 1.51. The first-order valence-electron chi connectivity index (χ1n) is 10.1. The Labute approximate surface area is 192 Å². The van der Waals surface area contributed by atoms with Crippen molar-refractivity contribution in [1.82, 2.24) is 20.4 Å². The van der Waals surface area contributed by atoms with Crippen LogP contribution in [-0.4, -0.2) is 16.4 Å². The van der Waals surface area contributed by atoms with Crippen molar-refractivity contribution in [1.29, 1.82) is 0 Å². The lowest BCUT2D eigenvalue weighted by molar-refractivity contribution is 0.0946. The quantitative estimate of drug-likeness (QED) is 0.194. The lowest BCUT2D eigenvalue weighted by atomic mass is 10.0. The molecule has 8 heteroatoms. The number of nitrogens with two attached hydrogens (primary N) is 2. The molecule has 166 valence electrons. The molecule has 32 heavy (non-hydrogen) atoms. The number of nitrogens with zero attached hydrogens (tertiary/aromatic N) is 1. The fraction of sp³-hybridized carbons (Fsp3) is 0.167. The van der Waals surface area contributed by atoms with Gasteiger partial charge in [0.1, 0.15) is 5.69 Å². The molecular formula is C24H28N6OS. The Morgan fingerprint density at radius 3 is 2.50 bits per heavy atom. The van der Waals surface area contributed by atoms with E-state index in [1.807, 2.05) is 26.0 Å². The fourth-order valence-corrected chi connectivity index (χ4v) is 3.78. The van der Waals surface area contributed by atoms with E-state index in [2.05, 4.69) is 56.8 Å². The van der Waals surface area contributed by atoms with E-state index in [0.717, 1.165) is 21.6 Å². The van der Waals surface area contributed by atoms with Crippen LogP contribution in [-0.2, 0) is 6.54 Å². The van der Waals surface area contributed by atoms with Gasteiger partial charge in [-0.1, -0.05) is 36.4 Å². The number of nitrogens with one attached hydrogen (secondary N) is 3. The van der Waals surface area contributed by atoms with Crippen LogP contribution in [0, 0.1) is 0 Å². The van der Waals surface area contributed by atoms with Crippen molar-refractivity contribution in [3.05, 3.63) is 96.1 Å². The molecule has 1 heterocycles. The Morgan fingerprint density at radius 1 is 1.06 bits per heavy atom. The molecule has 1 amide bonds. The van der Waals surface area contributed by atoms with E-state index >= 15 is 0 Å².